The Morgan fingerprint density at radius 1 is 1.39 bits per heavy atom. The topological polar surface area (TPSA) is 28.2 Å². The second-order valence-corrected chi connectivity index (χ2v) is 6.32. The molecule has 1 aromatic heterocycles. The Hall–Kier alpha value is -1.09. The van der Waals surface area contributed by atoms with Gasteiger partial charge >= 0.3 is 0 Å². The van der Waals surface area contributed by atoms with Gasteiger partial charge in [-0.15, -0.1) is 0 Å². The molecule has 0 aromatic carbocycles. The van der Waals surface area contributed by atoms with Gasteiger partial charge in [0.2, 0.25) is 0 Å². The number of nitrogens with zero attached hydrogens (tertiary/aromatic N) is 2. The normalized spacial score (nSPS) is 16.4. The minimum Gasteiger partial charge on any atom is -0.357 e. The van der Waals surface area contributed by atoms with E-state index in [0.717, 1.165) is 12.4 Å². The maximum atomic E-state index is 4.48. The van der Waals surface area contributed by atoms with E-state index in [4.69, 9.17) is 0 Å². The summed E-state index contributed by atoms with van der Waals surface area (Å²) in [6, 6.07) is 5.00. The van der Waals surface area contributed by atoms with Crippen molar-refractivity contribution in [2.75, 3.05) is 11.9 Å². The summed E-state index contributed by atoms with van der Waals surface area (Å²) in [5, 5.41) is 3.52. The standard InChI is InChI=1S/C15H25N3/c1-15(2,3)17-11-12-8-9-16-14(10-12)18(4)13-6-5-7-13/h8-10,13,17H,5-7,11H2,1-4H3. The van der Waals surface area contributed by atoms with Gasteiger partial charge in [0, 0.05) is 31.4 Å². The third kappa shape index (κ3) is 3.45. The molecule has 1 saturated carbocycles. The monoisotopic (exact) mass is 247 g/mol. The van der Waals surface area contributed by atoms with E-state index in [9.17, 15) is 0 Å². The lowest BCUT2D eigenvalue weighted by atomic mass is 9.92. The van der Waals surface area contributed by atoms with Crippen molar-refractivity contribution in [2.45, 2.75) is 58.2 Å². The minimum absolute atomic E-state index is 0.156. The van der Waals surface area contributed by atoms with E-state index in [2.05, 4.69) is 55.2 Å². The van der Waals surface area contributed by atoms with Crippen molar-refractivity contribution in [2.24, 2.45) is 0 Å². The summed E-state index contributed by atoms with van der Waals surface area (Å²) in [6.45, 7) is 7.47. The first-order valence-corrected chi connectivity index (χ1v) is 6.88. The van der Waals surface area contributed by atoms with Gasteiger partial charge in [-0.3, -0.25) is 0 Å². The molecule has 0 saturated heterocycles. The predicted octanol–water partition coefficient (Wildman–Crippen LogP) is 2.96. The van der Waals surface area contributed by atoms with E-state index in [1.165, 1.54) is 24.8 Å². The number of aromatic nitrogens is 1. The Bertz CT molecular complexity index is 391. The SMILES string of the molecule is CN(c1cc(CNC(C)(C)C)ccn1)C1CCC1. The van der Waals surface area contributed by atoms with E-state index in [0.29, 0.717) is 6.04 Å². The van der Waals surface area contributed by atoms with Gasteiger partial charge in [0.05, 0.1) is 0 Å². The minimum atomic E-state index is 0.156. The molecule has 0 bridgehead atoms. The maximum absolute atomic E-state index is 4.48. The lowest BCUT2D eigenvalue weighted by Crippen LogP contribution is -2.38. The van der Waals surface area contributed by atoms with E-state index < -0.39 is 0 Å². The number of nitrogens with one attached hydrogen (secondary N) is 1. The summed E-state index contributed by atoms with van der Waals surface area (Å²) in [4.78, 5) is 6.81. The molecular formula is C15H25N3. The molecule has 18 heavy (non-hydrogen) atoms. The van der Waals surface area contributed by atoms with Crippen LogP contribution in [-0.4, -0.2) is 23.6 Å². The predicted molar refractivity (Wildman–Crippen MR) is 76.9 cm³/mol. The van der Waals surface area contributed by atoms with Crippen LogP contribution >= 0.6 is 0 Å². The number of hydrogen-bond donors (Lipinski definition) is 1. The molecule has 3 heteroatoms. The van der Waals surface area contributed by atoms with Crippen molar-refractivity contribution >= 4 is 5.82 Å². The van der Waals surface area contributed by atoms with Crippen LogP contribution in [0.4, 0.5) is 5.82 Å². The van der Waals surface area contributed by atoms with E-state index in [1.54, 1.807) is 0 Å². The van der Waals surface area contributed by atoms with Gasteiger partial charge in [-0.1, -0.05) is 0 Å². The molecule has 1 aliphatic rings. The van der Waals surface area contributed by atoms with Crippen LogP contribution in [0.2, 0.25) is 0 Å². The highest BCUT2D eigenvalue weighted by Crippen LogP contribution is 2.27. The molecule has 0 unspecified atom stereocenters. The first-order chi connectivity index (χ1) is 8.46. The van der Waals surface area contributed by atoms with Crippen molar-refractivity contribution in [1.82, 2.24) is 10.3 Å². The van der Waals surface area contributed by atoms with Gasteiger partial charge in [-0.25, -0.2) is 4.98 Å². The quantitative estimate of drug-likeness (QED) is 0.886. The summed E-state index contributed by atoms with van der Waals surface area (Å²) in [7, 11) is 2.16. The molecule has 1 heterocycles. The van der Waals surface area contributed by atoms with Gasteiger partial charge in [-0.05, 0) is 57.7 Å². The zero-order valence-electron chi connectivity index (χ0n) is 12.0. The highest BCUT2D eigenvalue weighted by atomic mass is 15.2. The van der Waals surface area contributed by atoms with Crippen molar-refractivity contribution in [3.8, 4) is 0 Å². The fourth-order valence-electron chi connectivity index (χ4n) is 2.09. The van der Waals surface area contributed by atoms with Crippen molar-refractivity contribution in [3.63, 3.8) is 0 Å². The summed E-state index contributed by atoms with van der Waals surface area (Å²) in [5.41, 5.74) is 1.46. The molecule has 100 valence electrons. The molecule has 0 spiro atoms. The fourth-order valence-corrected chi connectivity index (χ4v) is 2.09. The zero-order chi connectivity index (χ0) is 13.2. The van der Waals surface area contributed by atoms with Crippen LogP contribution in [0.25, 0.3) is 0 Å². The second-order valence-electron chi connectivity index (χ2n) is 6.32. The number of anilines is 1. The van der Waals surface area contributed by atoms with Crippen LogP contribution in [0.15, 0.2) is 18.3 Å². The first kappa shape index (κ1) is 13.3. The van der Waals surface area contributed by atoms with Gasteiger partial charge < -0.3 is 10.2 Å². The van der Waals surface area contributed by atoms with Gasteiger partial charge in [0.1, 0.15) is 5.82 Å². The second kappa shape index (κ2) is 5.27. The highest BCUT2D eigenvalue weighted by molar-refractivity contribution is 5.41. The zero-order valence-corrected chi connectivity index (χ0v) is 12.0. The molecule has 2 rings (SSSR count). The van der Waals surface area contributed by atoms with E-state index >= 15 is 0 Å². The van der Waals surface area contributed by atoms with Crippen LogP contribution < -0.4 is 10.2 Å². The van der Waals surface area contributed by atoms with Crippen LogP contribution in [-0.2, 0) is 6.54 Å². The average Bonchev–Trinajstić information content (AvgIpc) is 2.23. The Balaban J connectivity index is 2.00. The van der Waals surface area contributed by atoms with Crippen molar-refractivity contribution < 1.29 is 0 Å². The Kier molecular flexibility index (Phi) is 3.91. The molecule has 1 aliphatic carbocycles. The smallest absolute Gasteiger partial charge is 0.128 e. The lowest BCUT2D eigenvalue weighted by Gasteiger charge is -2.35. The van der Waals surface area contributed by atoms with Crippen LogP contribution in [0.5, 0.6) is 0 Å². The third-order valence-electron chi connectivity index (χ3n) is 3.62. The Morgan fingerprint density at radius 3 is 2.67 bits per heavy atom. The fraction of sp³-hybridized carbons (Fsp3) is 0.667. The van der Waals surface area contributed by atoms with E-state index in [-0.39, 0.29) is 5.54 Å². The molecule has 0 aliphatic heterocycles. The maximum Gasteiger partial charge on any atom is 0.128 e. The Morgan fingerprint density at radius 2 is 2.11 bits per heavy atom. The summed E-state index contributed by atoms with van der Waals surface area (Å²) < 4.78 is 0. The number of pyridine rings is 1. The van der Waals surface area contributed by atoms with Crippen LogP contribution in [0, 0.1) is 0 Å². The summed E-state index contributed by atoms with van der Waals surface area (Å²) in [6.07, 6.45) is 5.90. The lowest BCUT2D eigenvalue weighted by molar-refractivity contribution is 0.399. The Labute approximate surface area is 111 Å². The number of rotatable bonds is 4. The molecule has 0 radical (unpaired) electrons. The largest absolute Gasteiger partial charge is 0.357 e. The van der Waals surface area contributed by atoms with Gasteiger partial charge in [-0.2, -0.15) is 0 Å². The van der Waals surface area contributed by atoms with Crippen LogP contribution in [0.3, 0.4) is 0 Å². The van der Waals surface area contributed by atoms with E-state index in [1.807, 2.05) is 6.20 Å². The molecule has 1 N–H and O–H groups in total. The van der Waals surface area contributed by atoms with Crippen LogP contribution in [0.1, 0.15) is 45.6 Å². The first-order valence-electron chi connectivity index (χ1n) is 6.88. The third-order valence-corrected chi connectivity index (χ3v) is 3.62. The van der Waals surface area contributed by atoms with Crippen molar-refractivity contribution in [3.05, 3.63) is 23.9 Å². The summed E-state index contributed by atoms with van der Waals surface area (Å²) >= 11 is 0. The molecule has 1 aromatic rings. The highest BCUT2D eigenvalue weighted by Gasteiger charge is 2.23. The van der Waals surface area contributed by atoms with Crippen molar-refractivity contribution in [1.29, 1.82) is 0 Å². The molecule has 0 atom stereocenters. The van der Waals surface area contributed by atoms with Gasteiger partial charge in [0.25, 0.3) is 0 Å². The molecular weight excluding hydrogens is 222 g/mol. The van der Waals surface area contributed by atoms with Gasteiger partial charge in [0.15, 0.2) is 0 Å². The molecule has 1 fully saturated rings. The molecule has 0 amide bonds. The average molecular weight is 247 g/mol. The summed E-state index contributed by atoms with van der Waals surface area (Å²) in [5.74, 6) is 1.10. The molecule has 3 nitrogen and oxygen atoms in total. The number of hydrogen-bond acceptors (Lipinski definition) is 3.